The van der Waals surface area contributed by atoms with Crippen LogP contribution in [0.15, 0.2) is 48.5 Å². The second-order valence-electron chi connectivity index (χ2n) is 7.69. The Balaban J connectivity index is 1.10. The highest BCUT2D eigenvalue weighted by Crippen LogP contribution is 2.35. The summed E-state index contributed by atoms with van der Waals surface area (Å²) in [5.41, 5.74) is 2.30. The Labute approximate surface area is 184 Å². The van der Waals surface area contributed by atoms with Gasteiger partial charge in [-0.15, -0.1) is 10.2 Å². The van der Waals surface area contributed by atoms with Crippen LogP contribution in [0.2, 0.25) is 0 Å². The summed E-state index contributed by atoms with van der Waals surface area (Å²) in [5, 5.41) is 8.80. The molecule has 6 rings (SSSR count). The van der Waals surface area contributed by atoms with Gasteiger partial charge in [0.2, 0.25) is 13.6 Å². The third kappa shape index (κ3) is 3.31. The van der Waals surface area contributed by atoms with E-state index in [-0.39, 0.29) is 19.5 Å². The quantitative estimate of drug-likeness (QED) is 0.624. The van der Waals surface area contributed by atoms with Crippen LogP contribution in [0.25, 0.3) is 11.3 Å². The van der Waals surface area contributed by atoms with Crippen LogP contribution in [-0.4, -0.2) is 60.8 Å². The second-order valence-corrected chi connectivity index (χ2v) is 7.69. The molecule has 3 aliphatic rings. The first-order chi connectivity index (χ1) is 15.7. The van der Waals surface area contributed by atoms with Gasteiger partial charge in [0.1, 0.15) is 0 Å². The fourth-order valence-electron chi connectivity index (χ4n) is 4.05. The lowest BCUT2D eigenvalue weighted by Gasteiger charge is -2.35. The average molecular weight is 432 g/mol. The van der Waals surface area contributed by atoms with E-state index in [9.17, 15) is 4.79 Å². The molecule has 2 aromatic carbocycles. The number of hydrogen-bond donors (Lipinski definition) is 0. The topological polar surface area (TPSA) is 86.3 Å². The maximum atomic E-state index is 12.9. The minimum Gasteiger partial charge on any atom is -0.454 e. The minimum absolute atomic E-state index is 0.00723. The average Bonchev–Trinajstić information content (AvgIpc) is 3.52. The molecular weight excluding hydrogens is 412 g/mol. The number of fused-ring (bicyclic) bond motifs is 2. The highest BCUT2D eigenvalue weighted by Gasteiger charge is 2.25. The molecule has 32 heavy (non-hydrogen) atoms. The van der Waals surface area contributed by atoms with Crippen LogP contribution in [0.5, 0.6) is 23.0 Å². The maximum Gasteiger partial charge on any atom is 0.254 e. The Morgan fingerprint density at radius 3 is 2.12 bits per heavy atom. The van der Waals surface area contributed by atoms with E-state index < -0.39 is 0 Å². The van der Waals surface area contributed by atoms with Gasteiger partial charge in [-0.3, -0.25) is 4.79 Å². The number of aromatic nitrogens is 2. The van der Waals surface area contributed by atoms with Gasteiger partial charge in [-0.05, 0) is 48.5 Å². The third-order valence-electron chi connectivity index (χ3n) is 5.83. The highest BCUT2D eigenvalue weighted by atomic mass is 16.7. The van der Waals surface area contributed by atoms with Crippen molar-refractivity contribution >= 4 is 11.7 Å². The van der Waals surface area contributed by atoms with Crippen molar-refractivity contribution in [3.8, 4) is 34.3 Å². The van der Waals surface area contributed by atoms with E-state index in [2.05, 4.69) is 15.1 Å². The molecule has 0 atom stereocenters. The van der Waals surface area contributed by atoms with Crippen LogP contribution in [0.1, 0.15) is 10.4 Å². The van der Waals surface area contributed by atoms with Gasteiger partial charge >= 0.3 is 0 Å². The number of ether oxygens (including phenoxy) is 4. The first-order valence-corrected chi connectivity index (χ1v) is 10.4. The zero-order chi connectivity index (χ0) is 21.5. The van der Waals surface area contributed by atoms with Gasteiger partial charge in [-0.2, -0.15) is 0 Å². The number of hydrogen-bond acceptors (Lipinski definition) is 8. The molecule has 1 saturated heterocycles. The molecule has 0 bridgehead atoms. The van der Waals surface area contributed by atoms with Gasteiger partial charge in [0, 0.05) is 37.3 Å². The number of benzene rings is 2. The van der Waals surface area contributed by atoms with Gasteiger partial charge < -0.3 is 28.7 Å². The van der Waals surface area contributed by atoms with Gasteiger partial charge in [-0.1, -0.05) is 0 Å². The molecule has 0 radical (unpaired) electrons. The zero-order valence-corrected chi connectivity index (χ0v) is 17.2. The number of nitrogens with zero attached hydrogens (tertiary/aromatic N) is 4. The molecule has 3 aliphatic heterocycles. The first-order valence-electron chi connectivity index (χ1n) is 10.4. The number of anilines is 1. The molecule has 1 aromatic heterocycles. The molecule has 162 valence electrons. The van der Waals surface area contributed by atoms with Crippen molar-refractivity contribution in [3.63, 3.8) is 0 Å². The molecule has 0 N–H and O–H groups in total. The van der Waals surface area contributed by atoms with Crippen molar-refractivity contribution in [1.82, 2.24) is 15.1 Å². The van der Waals surface area contributed by atoms with Crippen LogP contribution in [-0.2, 0) is 0 Å². The van der Waals surface area contributed by atoms with Gasteiger partial charge in [0.05, 0.1) is 5.69 Å². The number of carbonyl (C=O) groups excluding carboxylic acids is 1. The van der Waals surface area contributed by atoms with Crippen LogP contribution in [0, 0.1) is 0 Å². The van der Waals surface area contributed by atoms with Gasteiger partial charge in [-0.25, -0.2) is 0 Å². The fraction of sp³-hybridized carbons (Fsp3) is 0.261. The zero-order valence-electron chi connectivity index (χ0n) is 17.2. The van der Waals surface area contributed by atoms with Crippen molar-refractivity contribution in [1.29, 1.82) is 0 Å². The summed E-state index contributed by atoms with van der Waals surface area (Å²) in [6, 6.07) is 14.9. The summed E-state index contributed by atoms with van der Waals surface area (Å²) in [6.07, 6.45) is 0. The van der Waals surface area contributed by atoms with E-state index >= 15 is 0 Å². The standard InChI is InChI=1S/C23H20N4O5/c28-23(16-2-5-19-21(12-16)32-14-30-19)27-9-7-26(8-10-27)22-6-3-17(24-25-22)15-1-4-18-20(11-15)31-13-29-18/h1-6,11-12H,7-10,13-14H2. The van der Waals surface area contributed by atoms with Crippen molar-refractivity contribution in [2.24, 2.45) is 0 Å². The van der Waals surface area contributed by atoms with Crippen molar-refractivity contribution in [3.05, 3.63) is 54.1 Å². The summed E-state index contributed by atoms with van der Waals surface area (Å²) in [6.45, 7) is 3.03. The largest absolute Gasteiger partial charge is 0.454 e. The summed E-state index contributed by atoms with van der Waals surface area (Å²) in [4.78, 5) is 16.9. The maximum absolute atomic E-state index is 12.9. The molecule has 0 aliphatic carbocycles. The minimum atomic E-state index is -0.00723. The molecule has 4 heterocycles. The van der Waals surface area contributed by atoms with Crippen LogP contribution < -0.4 is 23.8 Å². The molecule has 1 fully saturated rings. The Morgan fingerprint density at radius 2 is 1.41 bits per heavy atom. The van der Waals surface area contributed by atoms with Crippen molar-refractivity contribution in [2.45, 2.75) is 0 Å². The van der Waals surface area contributed by atoms with E-state index in [1.165, 1.54) is 0 Å². The number of amides is 1. The second kappa shape index (κ2) is 7.60. The predicted octanol–water partition coefficient (Wildman–Crippen LogP) is 2.56. The molecule has 3 aromatic rings. The van der Waals surface area contributed by atoms with Gasteiger partial charge in [0.15, 0.2) is 28.8 Å². The van der Waals surface area contributed by atoms with E-state index in [0.29, 0.717) is 43.2 Å². The Bertz CT molecular complexity index is 1180. The number of rotatable bonds is 3. The van der Waals surface area contributed by atoms with Crippen LogP contribution >= 0.6 is 0 Å². The van der Waals surface area contributed by atoms with Gasteiger partial charge in [0.25, 0.3) is 5.91 Å². The fourth-order valence-corrected chi connectivity index (χ4v) is 4.05. The predicted molar refractivity (Wildman–Crippen MR) is 114 cm³/mol. The first kappa shape index (κ1) is 18.7. The molecule has 0 saturated carbocycles. The van der Waals surface area contributed by atoms with E-state index in [1.54, 1.807) is 18.2 Å². The SMILES string of the molecule is O=C(c1ccc2c(c1)OCO2)N1CCN(c2ccc(-c3ccc4c(c3)OCO4)nn2)CC1. The normalized spacial score (nSPS) is 16.4. The Hall–Kier alpha value is -4.01. The molecular formula is C23H20N4O5. The summed E-state index contributed by atoms with van der Waals surface area (Å²) < 4.78 is 21.5. The number of piperazine rings is 1. The van der Waals surface area contributed by atoms with E-state index in [0.717, 1.165) is 28.6 Å². The molecule has 0 spiro atoms. The molecule has 9 heteroatoms. The molecule has 9 nitrogen and oxygen atoms in total. The van der Waals surface area contributed by atoms with E-state index in [4.69, 9.17) is 18.9 Å². The summed E-state index contributed by atoms with van der Waals surface area (Å²) >= 11 is 0. The lowest BCUT2D eigenvalue weighted by Crippen LogP contribution is -2.49. The third-order valence-corrected chi connectivity index (χ3v) is 5.83. The monoisotopic (exact) mass is 432 g/mol. The summed E-state index contributed by atoms with van der Waals surface area (Å²) in [7, 11) is 0. The van der Waals surface area contributed by atoms with E-state index in [1.807, 2.05) is 35.2 Å². The van der Waals surface area contributed by atoms with Crippen molar-refractivity contribution in [2.75, 3.05) is 44.7 Å². The smallest absolute Gasteiger partial charge is 0.254 e. The summed E-state index contributed by atoms with van der Waals surface area (Å²) in [5.74, 6) is 3.54. The lowest BCUT2D eigenvalue weighted by molar-refractivity contribution is 0.0746. The van der Waals surface area contributed by atoms with Crippen LogP contribution in [0.4, 0.5) is 5.82 Å². The molecule has 0 unspecified atom stereocenters. The van der Waals surface area contributed by atoms with Crippen molar-refractivity contribution < 1.29 is 23.7 Å². The number of carbonyl (C=O) groups is 1. The Morgan fingerprint density at radius 1 is 0.719 bits per heavy atom. The molecule has 1 amide bonds. The Kier molecular flexibility index (Phi) is 4.45. The highest BCUT2D eigenvalue weighted by molar-refractivity contribution is 5.95. The van der Waals surface area contributed by atoms with Crippen LogP contribution in [0.3, 0.4) is 0 Å². The lowest BCUT2D eigenvalue weighted by atomic mass is 10.1.